The molecule has 0 aliphatic heterocycles. The van der Waals surface area contributed by atoms with Gasteiger partial charge in [-0.3, -0.25) is 0 Å². The molecule has 0 saturated carbocycles. The predicted octanol–water partition coefficient (Wildman–Crippen LogP) is 3.95. The highest BCUT2D eigenvalue weighted by Crippen LogP contribution is 2.34. The Morgan fingerprint density at radius 1 is 1.62 bits per heavy atom. The molecule has 1 aromatic rings. The first-order chi connectivity index (χ1) is 3.83. The molecule has 0 unspecified atom stereocenters. The largest absolute Gasteiger partial charge is 0.121 e. The molecule has 0 bridgehead atoms. The molecule has 1 rings (SSSR count). The van der Waals surface area contributed by atoms with E-state index in [1.807, 2.05) is 0 Å². The zero-order valence-electron chi connectivity index (χ0n) is 3.73. The molecule has 0 spiro atoms. The fourth-order valence-corrected chi connectivity index (χ4v) is 3.54. The van der Waals surface area contributed by atoms with Gasteiger partial charge < -0.3 is 0 Å². The fraction of sp³-hybridized carbons (Fsp3) is 0. The van der Waals surface area contributed by atoms with Gasteiger partial charge in [0, 0.05) is 21.2 Å². The molecule has 0 aliphatic carbocycles. The van der Waals surface area contributed by atoms with Gasteiger partial charge >= 0.3 is 0 Å². The summed E-state index contributed by atoms with van der Waals surface area (Å²) >= 11 is 7.41. The highest BCUT2D eigenvalue weighted by atomic mass is 127. The van der Waals surface area contributed by atoms with Crippen molar-refractivity contribution in [2.24, 2.45) is 0 Å². The van der Waals surface area contributed by atoms with Crippen LogP contribution < -0.4 is 0 Å². The molecule has 0 saturated heterocycles. The Hall–Kier alpha value is 1.26. The average molecular weight is 321 g/mol. The number of hydrogen-bond acceptors (Lipinski definition) is 2. The van der Waals surface area contributed by atoms with Crippen LogP contribution >= 0.6 is 57.4 Å². The lowest BCUT2D eigenvalue weighted by Gasteiger charge is -1.77. The van der Waals surface area contributed by atoms with Crippen molar-refractivity contribution in [3.05, 3.63) is 15.9 Å². The van der Waals surface area contributed by atoms with E-state index in [4.69, 9.17) is 0 Å². The van der Waals surface area contributed by atoms with E-state index in [0.717, 1.165) is 0 Å². The molecule has 8 heavy (non-hydrogen) atoms. The molecule has 0 N–H and O–H groups in total. The van der Waals surface area contributed by atoms with E-state index >= 15 is 0 Å². The Bertz CT molecular complexity index is 174. The number of thiophene rings is 1. The molecular formula is C4H2BrIS2. The third-order valence-corrected chi connectivity index (χ3v) is 5.15. The van der Waals surface area contributed by atoms with Crippen LogP contribution in [0.2, 0.25) is 0 Å². The Morgan fingerprint density at radius 2 is 2.38 bits per heavy atom. The van der Waals surface area contributed by atoms with Crippen LogP contribution in [0, 0.1) is 0 Å². The van der Waals surface area contributed by atoms with Crippen LogP contribution in [-0.2, 0) is 0 Å². The number of rotatable bonds is 1. The van der Waals surface area contributed by atoms with E-state index in [9.17, 15) is 0 Å². The zero-order chi connectivity index (χ0) is 5.98. The second kappa shape index (κ2) is 3.43. The van der Waals surface area contributed by atoms with Gasteiger partial charge in [-0.15, -0.1) is 11.3 Å². The van der Waals surface area contributed by atoms with E-state index in [2.05, 4.69) is 49.3 Å². The summed E-state index contributed by atoms with van der Waals surface area (Å²) in [6.45, 7) is 0. The monoisotopic (exact) mass is 320 g/mol. The molecule has 4 heteroatoms. The van der Waals surface area contributed by atoms with E-state index in [1.54, 1.807) is 20.3 Å². The molecule has 1 aromatic heterocycles. The van der Waals surface area contributed by atoms with E-state index in [0.29, 0.717) is 0 Å². The lowest BCUT2D eigenvalue weighted by Crippen LogP contribution is -1.38. The van der Waals surface area contributed by atoms with Gasteiger partial charge in [0.15, 0.2) is 0 Å². The first kappa shape index (κ1) is 7.37. The van der Waals surface area contributed by atoms with Gasteiger partial charge in [-0.05, 0) is 37.0 Å². The Kier molecular flexibility index (Phi) is 3.16. The Labute approximate surface area is 76.8 Å². The van der Waals surface area contributed by atoms with Crippen LogP contribution in [0.15, 0.2) is 20.1 Å². The highest BCUT2D eigenvalue weighted by Gasteiger charge is 1.92. The SMILES string of the molecule is Brc1ccc(SI)s1. The molecule has 0 fully saturated rings. The molecule has 0 aliphatic rings. The molecule has 0 radical (unpaired) electrons. The van der Waals surface area contributed by atoms with Gasteiger partial charge in [0.25, 0.3) is 0 Å². The van der Waals surface area contributed by atoms with Crippen molar-refractivity contribution in [3.63, 3.8) is 0 Å². The summed E-state index contributed by atoms with van der Waals surface area (Å²) in [6.07, 6.45) is 0. The molecule has 0 atom stereocenters. The number of halogens is 2. The summed E-state index contributed by atoms with van der Waals surface area (Å²) in [7, 11) is 1.75. The van der Waals surface area contributed by atoms with Crippen molar-refractivity contribution in [1.82, 2.24) is 0 Å². The smallest absolute Gasteiger partial charge is 0.0714 e. The maximum Gasteiger partial charge on any atom is 0.0714 e. The summed E-state index contributed by atoms with van der Waals surface area (Å²) in [5.74, 6) is 0. The average Bonchev–Trinajstić information content (AvgIpc) is 2.14. The normalized spacial score (nSPS) is 9.75. The highest BCUT2D eigenvalue weighted by molar-refractivity contribution is 14.2. The van der Waals surface area contributed by atoms with Crippen LogP contribution in [0.1, 0.15) is 0 Å². The quantitative estimate of drug-likeness (QED) is 0.706. The minimum absolute atomic E-state index is 1.21. The summed E-state index contributed by atoms with van der Waals surface area (Å²) < 4.78 is 2.55. The minimum atomic E-state index is 1.21. The summed E-state index contributed by atoms with van der Waals surface area (Å²) in [5, 5.41) is 0. The number of hydrogen-bond donors (Lipinski definition) is 0. The van der Waals surface area contributed by atoms with Crippen molar-refractivity contribution < 1.29 is 0 Å². The molecule has 0 aromatic carbocycles. The van der Waals surface area contributed by atoms with E-state index < -0.39 is 0 Å². The first-order valence-corrected chi connectivity index (χ1v) is 6.84. The van der Waals surface area contributed by atoms with Crippen LogP contribution in [0.25, 0.3) is 0 Å². The van der Waals surface area contributed by atoms with Crippen molar-refractivity contribution in [3.8, 4) is 0 Å². The standard InChI is InChI=1S/C4H2BrIS2/c5-3-1-2-4(7-3)8-6/h1-2H. The van der Waals surface area contributed by atoms with Gasteiger partial charge in [-0.25, -0.2) is 0 Å². The molecular weight excluding hydrogens is 319 g/mol. The van der Waals surface area contributed by atoms with Crippen molar-refractivity contribution in [2.45, 2.75) is 4.21 Å². The Morgan fingerprint density at radius 3 is 2.62 bits per heavy atom. The van der Waals surface area contributed by atoms with Gasteiger partial charge in [0.05, 0.1) is 8.00 Å². The van der Waals surface area contributed by atoms with E-state index in [-0.39, 0.29) is 0 Å². The van der Waals surface area contributed by atoms with Crippen LogP contribution in [0.5, 0.6) is 0 Å². The van der Waals surface area contributed by atoms with Crippen LogP contribution in [0.4, 0.5) is 0 Å². The molecule has 0 nitrogen and oxygen atoms in total. The summed E-state index contributed by atoms with van der Waals surface area (Å²) in [6, 6.07) is 4.16. The van der Waals surface area contributed by atoms with Gasteiger partial charge in [-0.1, -0.05) is 0 Å². The fourth-order valence-electron chi connectivity index (χ4n) is 0.339. The van der Waals surface area contributed by atoms with Crippen molar-refractivity contribution in [2.75, 3.05) is 0 Å². The third-order valence-electron chi connectivity index (χ3n) is 0.625. The summed E-state index contributed by atoms with van der Waals surface area (Å²) in [4.78, 5) is 0. The van der Waals surface area contributed by atoms with Crippen molar-refractivity contribution >= 4 is 57.4 Å². The molecule has 1 heterocycles. The maximum atomic E-state index is 3.37. The third kappa shape index (κ3) is 1.89. The Balaban J connectivity index is 2.84. The lowest BCUT2D eigenvalue weighted by molar-refractivity contribution is 1.76. The second-order valence-corrected chi connectivity index (χ2v) is 5.77. The van der Waals surface area contributed by atoms with Crippen LogP contribution in [0.3, 0.4) is 0 Å². The first-order valence-electron chi connectivity index (χ1n) is 1.87. The van der Waals surface area contributed by atoms with Crippen LogP contribution in [-0.4, -0.2) is 0 Å². The van der Waals surface area contributed by atoms with Gasteiger partial charge in [0.2, 0.25) is 0 Å². The molecule has 44 valence electrons. The minimum Gasteiger partial charge on any atom is -0.121 e. The maximum absolute atomic E-state index is 3.37. The zero-order valence-corrected chi connectivity index (χ0v) is 9.10. The summed E-state index contributed by atoms with van der Waals surface area (Å²) in [5.41, 5.74) is 0. The lowest BCUT2D eigenvalue weighted by atomic mass is 10.7. The second-order valence-electron chi connectivity index (χ2n) is 1.14. The molecule has 0 amide bonds. The van der Waals surface area contributed by atoms with Gasteiger partial charge in [-0.2, -0.15) is 0 Å². The van der Waals surface area contributed by atoms with Gasteiger partial charge in [0.1, 0.15) is 0 Å². The van der Waals surface area contributed by atoms with Crippen molar-refractivity contribution in [1.29, 1.82) is 0 Å². The predicted molar refractivity (Wildman–Crippen MR) is 51.9 cm³/mol. The topological polar surface area (TPSA) is 0 Å². The van der Waals surface area contributed by atoms with E-state index in [1.165, 1.54) is 8.00 Å².